The smallest absolute Gasteiger partial charge is 0.331 e. The lowest BCUT2D eigenvalue weighted by Crippen LogP contribution is -2.60. The lowest BCUT2D eigenvalue weighted by molar-refractivity contribution is -0.513. The number of nitrogens with one attached hydrogen (secondary N) is 1. The predicted octanol–water partition coefficient (Wildman–Crippen LogP) is 1.30. The van der Waals surface area contributed by atoms with Crippen LogP contribution in [0.15, 0.2) is 30.0 Å². The van der Waals surface area contributed by atoms with Crippen molar-refractivity contribution in [2.45, 2.75) is 19.9 Å². The van der Waals surface area contributed by atoms with Gasteiger partial charge in [-0.2, -0.15) is 0 Å². The van der Waals surface area contributed by atoms with Crippen molar-refractivity contribution in [3.8, 4) is 11.5 Å². The molecule has 1 aromatic carbocycles. The molecule has 9 nitrogen and oxygen atoms in total. The summed E-state index contributed by atoms with van der Waals surface area (Å²) in [6, 6.07) is 3.92. The van der Waals surface area contributed by atoms with E-state index in [9.17, 15) is 14.4 Å². The van der Waals surface area contributed by atoms with Gasteiger partial charge in [0.15, 0.2) is 5.71 Å². The SMILES string of the molecule is CCN1C(=O)C2C(=CC(C)=[N+]2C)N(CC(=O)Nc2ccc(OC)cc2OC)C1=O. The summed E-state index contributed by atoms with van der Waals surface area (Å²) < 4.78 is 12.3. The highest BCUT2D eigenvalue weighted by Crippen LogP contribution is 2.30. The van der Waals surface area contributed by atoms with Gasteiger partial charge in [-0.3, -0.25) is 19.4 Å². The van der Waals surface area contributed by atoms with Gasteiger partial charge >= 0.3 is 11.9 Å². The summed E-state index contributed by atoms with van der Waals surface area (Å²) in [5, 5.41) is 2.76. The van der Waals surface area contributed by atoms with Gasteiger partial charge in [0.25, 0.3) is 6.04 Å². The maximum Gasteiger partial charge on any atom is 0.331 e. The molecule has 1 atom stereocenters. The average Bonchev–Trinajstić information content (AvgIpc) is 3.00. The highest BCUT2D eigenvalue weighted by atomic mass is 16.5. The second-order valence-electron chi connectivity index (χ2n) is 6.79. The summed E-state index contributed by atoms with van der Waals surface area (Å²) in [4.78, 5) is 40.8. The Labute approximate surface area is 169 Å². The number of rotatable bonds is 6. The molecule has 0 spiro atoms. The van der Waals surface area contributed by atoms with E-state index in [0.717, 1.165) is 5.71 Å². The normalized spacial score (nSPS) is 18.7. The van der Waals surface area contributed by atoms with E-state index in [4.69, 9.17) is 9.47 Å². The van der Waals surface area contributed by atoms with E-state index in [1.165, 1.54) is 24.0 Å². The van der Waals surface area contributed by atoms with Crippen molar-refractivity contribution in [3.05, 3.63) is 30.0 Å². The van der Waals surface area contributed by atoms with Gasteiger partial charge in [0, 0.05) is 25.6 Å². The summed E-state index contributed by atoms with van der Waals surface area (Å²) in [6.45, 7) is 3.61. The summed E-state index contributed by atoms with van der Waals surface area (Å²) in [7, 11) is 4.83. The van der Waals surface area contributed by atoms with Gasteiger partial charge < -0.3 is 14.8 Å². The van der Waals surface area contributed by atoms with E-state index < -0.39 is 18.0 Å². The van der Waals surface area contributed by atoms with Crippen LogP contribution in [-0.4, -0.2) is 78.3 Å². The van der Waals surface area contributed by atoms with Crippen LogP contribution < -0.4 is 14.8 Å². The zero-order chi connectivity index (χ0) is 21.3. The van der Waals surface area contributed by atoms with E-state index in [-0.39, 0.29) is 19.0 Å². The number of hydrogen-bond donors (Lipinski definition) is 1. The van der Waals surface area contributed by atoms with Crippen LogP contribution >= 0.6 is 0 Å². The Kier molecular flexibility index (Phi) is 5.58. The Morgan fingerprint density at radius 2 is 1.93 bits per heavy atom. The third-order valence-corrected chi connectivity index (χ3v) is 5.15. The fourth-order valence-corrected chi connectivity index (χ4v) is 3.50. The highest BCUT2D eigenvalue weighted by molar-refractivity contribution is 6.07. The second-order valence-corrected chi connectivity index (χ2v) is 6.79. The first kappa shape index (κ1) is 20.4. The number of imide groups is 1. The van der Waals surface area contributed by atoms with Gasteiger partial charge in [-0.1, -0.05) is 0 Å². The van der Waals surface area contributed by atoms with Gasteiger partial charge in [-0.25, -0.2) is 9.37 Å². The molecule has 2 heterocycles. The van der Waals surface area contributed by atoms with Crippen molar-refractivity contribution in [1.82, 2.24) is 9.80 Å². The third-order valence-electron chi connectivity index (χ3n) is 5.15. The van der Waals surface area contributed by atoms with E-state index in [1.54, 1.807) is 38.2 Å². The van der Waals surface area contributed by atoms with Gasteiger partial charge in [-0.05, 0) is 19.1 Å². The average molecular weight is 401 g/mol. The number of hydrogen-bond acceptors (Lipinski definition) is 5. The van der Waals surface area contributed by atoms with Crippen LogP contribution in [-0.2, 0) is 9.59 Å². The summed E-state index contributed by atoms with van der Waals surface area (Å²) in [6.07, 6.45) is 1.77. The number of fused-ring (bicyclic) bond motifs is 1. The molecular weight excluding hydrogens is 376 g/mol. The van der Waals surface area contributed by atoms with Gasteiger partial charge in [0.1, 0.15) is 30.8 Å². The molecule has 0 aromatic heterocycles. The molecule has 1 aromatic rings. The fraction of sp³-hybridized carbons (Fsp3) is 0.400. The van der Waals surface area contributed by atoms with Gasteiger partial charge in [-0.15, -0.1) is 0 Å². The van der Waals surface area contributed by atoms with Crippen LogP contribution in [0.2, 0.25) is 0 Å². The van der Waals surface area contributed by atoms with Crippen molar-refractivity contribution < 1.29 is 28.4 Å². The Balaban J connectivity index is 1.83. The summed E-state index contributed by atoms with van der Waals surface area (Å²) in [5.74, 6) is 0.349. The first-order valence-corrected chi connectivity index (χ1v) is 9.25. The van der Waals surface area contributed by atoms with Crippen LogP contribution in [0.3, 0.4) is 0 Å². The summed E-state index contributed by atoms with van der Waals surface area (Å²) in [5.41, 5.74) is 1.83. The molecule has 154 valence electrons. The molecule has 29 heavy (non-hydrogen) atoms. The van der Waals surface area contributed by atoms with Crippen molar-refractivity contribution in [2.75, 3.05) is 39.7 Å². The maximum absolute atomic E-state index is 12.9. The van der Waals surface area contributed by atoms with Gasteiger partial charge in [0.2, 0.25) is 5.91 Å². The lowest BCUT2D eigenvalue weighted by Gasteiger charge is -2.35. The van der Waals surface area contributed by atoms with Crippen molar-refractivity contribution >= 4 is 29.2 Å². The molecule has 0 bridgehead atoms. The van der Waals surface area contributed by atoms with Gasteiger partial charge in [0.05, 0.1) is 19.9 Å². The number of anilines is 1. The molecule has 1 unspecified atom stereocenters. The molecule has 0 radical (unpaired) electrons. The summed E-state index contributed by atoms with van der Waals surface area (Å²) >= 11 is 0. The number of urea groups is 1. The lowest BCUT2D eigenvalue weighted by atomic mass is 10.1. The Morgan fingerprint density at radius 3 is 2.55 bits per heavy atom. The number of ether oxygens (including phenoxy) is 2. The quantitative estimate of drug-likeness (QED) is 0.726. The number of nitrogens with zero attached hydrogens (tertiary/aromatic N) is 3. The van der Waals surface area contributed by atoms with Crippen LogP contribution in [0, 0.1) is 0 Å². The molecule has 2 aliphatic rings. The number of likely N-dealkylation sites (N-methyl/N-ethyl adjacent to an activating group) is 2. The molecule has 2 aliphatic heterocycles. The van der Waals surface area contributed by atoms with E-state index >= 15 is 0 Å². The molecule has 1 fully saturated rings. The zero-order valence-electron chi connectivity index (χ0n) is 17.2. The molecule has 0 aliphatic carbocycles. The minimum Gasteiger partial charge on any atom is -0.497 e. The minimum absolute atomic E-state index is 0.221. The van der Waals surface area contributed by atoms with Crippen LogP contribution in [0.4, 0.5) is 10.5 Å². The largest absolute Gasteiger partial charge is 0.497 e. The third kappa shape index (κ3) is 3.55. The Bertz CT molecular complexity index is 937. The molecule has 9 heteroatoms. The Hall–Kier alpha value is -3.36. The molecule has 3 rings (SSSR count). The number of amides is 4. The fourth-order valence-electron chi connectivity index (χ4n) is 3.50. The maximum atomic E-state index is 12.9. The van der Waals surface area contributed by atoms with Crippen molar-refractivity contribution in [1.29, 1.82) is 0 Å². The number of methoxy groups -OCH3 is 2. The zero-order valence-corrected chi connectivity index (χ0v) is 17.2. The molecule has 4 amide bonds. The van der Waals surface area contributed by atoms with E-state index in [0.29, 0.717) is 22.9 Å². The van der Waals surface area contributed by atoms with Crippen LogP contribution in [0.5, 0.6) is 11.5 Å². The van der Waals surface area contributed by atoms with E-state index in [1.807, 2.05) is 11.5 Å². The predicted molar refractivity (Wildman–Crippen MR) is 106 cm³/mol. The molecule has 1 saturated heterocycles. The minimum atomic E-state index is -0.601. The number of carbonyl (C=O) groups is 3. The number of carbonyl (C=O) groups excluding carboxylic acids is 3. The van der Waals surface area contributed by atoms with Crippen LogP contribution in [0.25, 0.3) is 0 Å². The van der Waals surface area contributed by atoms with Crippen molar-refractivity contribution in [2.24, 2.45) is 0 Å². The Morgan fingerprint density at radius 1 is 1.21 bits per heavy atom. The van der Waals surface area contributed by atoms with E-state index in [2.05, 4.69) is 5.32 Å². The monoisotopic (exact) mass is 401 g/mol. The standard InChI is InChI=1S/C20H24N4O5/c1-6-23-19(26)18-15(9-12(2)22(18)3)24(20(23)27)11-17(25)21-14-8-7-13(28-4)10-16(14)29-5/h7-10,18H,6,11H2,1-5H3/p+1. The van der Waals surface area contributed by atoms with Crippen molar-refractivity contribution in [3.63, 3.8) is 0 Å². The second kappa shape index (κ2) is 7.94. The molecule has 0 saturated carbocycles. The first-order valence-electron chi connectivity index (χ1n) is 9.25. The molecule has 1 N–H and O–H groups in total. The van der Waals surface area contributed by atoms with Crippen LogP contribution in [0.1, 0.15) is 13.8 Å². The molecular formula is C20H25N4O5+. The number of benzene rings is 1. The number of allylic oxidation sites excluding steroid dienone is 1. The highest BCUT2D eigenvalue weighted by Gasteiger charge is 2.50. The topological polar surface area (TPSA) is 91.2 Å². The first-order chi connectivity index (χ1) is 13.8.